The Morgan fingerprint density at radius 2 is 2.14 bits per heavy atom. The zero-order valence-electron chi connectivity index (χ0n) is 9.81. The molecule has 2 rings (SSSR count). The highest BCUT2D eigenvalue weighted by atomic mass is 14.9. The van der Waals surface area contributed by atoms with Gasteiger partial charge in [0.1, 0.15) is 0 Å². The van der Waals surface area contributed by atoms with Crippen molar-refractivity contribution in [1.82, 2.24) is 5.32 Å². The third-order valence-corrected chi connectivity index (χ3v) is 4.83. The molecule has 0 spiro atoms. The van der Waals surface area contributed by atoms with E-state index >= 15 is 0 Å². The number of rotatable bonds is 3. The van der Waals surface area contributed by atoms with Gasteiger partial charge in [-0.25, -0.2) is 0 Å². The van der Waals surface area contributed by atoms with Crippen molar-refractivity contribution < 1.29 is 0 Å². The van der Waals surface area contributed by atoms with Gasteiger partial charge in [0.05, 0.1) is 0 Å². The average Bonchev–Trinajstić information content (AvgIpc) is 2.07. The Hall–Kier alpha value is -0.0400. The molecule has 0 radical (unpaired) electrons. The minimum atomic E-state index is 0.720. The third-order valence-electron chi connectivity index (χ3n) is 4.83. The Bertz CT molecular complexity index is 178. The summed E-state index contributed by atoms with van der Waals surface area (Å²) in [6, 6.07) is 0. The molecule has 1 heterocycles. The maximum Gasteiger partial charge on any atom is -0.00177 e. The molecule has 1 aliphatic carbocycles. The lowest BCUT2D eigenvalue weighted by Gasteiger charge is -2.52. The van der Waals surface area contributed by atoms with Crippen LogP contribution in [0.4, 0.5) is 0 Å². The molecular weight excluding hydrogens is 170 g/mol. The highest BCUT2D eigenvalue weighted by Crippen LogP contribution is 2.52. The van der Waals surface area contributed by atoms with Crippen LogP contribution >= 0.6 is 0 Å². The largest absolute Gasteiger partial charge is 0.316 e. The van der Waals surface area contributed by atoms with Gasteiger partial charge in [-0.1, -0.05) is 26.7 Å². The summed E-state index contributed by atoms with van der Waals surface area (Å²) in [6.07, 6.45) is 8.82. The van der Waals surface area contributed by atoms with Gasteiger partial charge in [0.25, 0.3) is 0 Å². The standard InChI is InChI=1S/C13H25N/c1-3-7-13(12-5-4-6-12)8-9-14-10-11(13)2/h11-12,14H,3-10H2,1-2H3. The summed E-state index contributed by atoms with van der Waals surface area (Å²) in [4.78, 5) is 0. The molecule has 2 aliphatic rings. The molecule has 0 aromatic heterocycles. The van der Waals surface area contributed by atoms with Crippen molar-refractivity contribution in [3.8, 4) is 0 Å². The van der Waals surface area contributed by atoms with Crippen LogP contribution in [0.1, 0.15) is 52.4 Å². The summed E-state index contributed by atoms with van der Waals surface area (Å²) >= 11 is 0. The van der Waals surface area contributed by atoms with Crippen LogP contribution in [0.2, 0.25) is 0 Å². The van der Waals surface area contributed by atoms with E-state index in [0.29, 0.717) is 0 Å². The topological polar surface area (TPSA) is 12.0 Å². The van der Waals surface area contributed by atoms with Crippen LogP contribution in [0.3, 0.4) is 0 Å². The third kappa shape index (κ3) is 1.60. The van der Waals surface area contributed by atoms with Crippen molar-refractivity contribution in [2.45, 2.75) is 52.4 Å². The molecule has 1 saturated heterocycles. The first kappa shape index (κ1) is 10.5. The van der Waals surface area contributed by atoms with Gasteiger partial charge in [0, 0.05) is 0 Å². The van der Waals surface area contributed by atoms with E-state index in [1.54, 1.807) is 0 Å². The highest BCUT2D eigenvalue weighted by Gasteiger charge is 2.45. The van der Waals surface area contributed by atoms with E-state index in [4.69, 9.17) is 0 Å². The monoisotopic (exact) mass is 195 g/mol. The summed E-state index contributed by atoms with van der Waals surface area (Å²) in [5.41, 5.74) is 0.720. The summed E-state index contributed by atoms with van der Waals surface area (Å²) < 4.78 is 0. The van der Waals surface area contributed by atoms with E-state index in [1.807, 2.05) is 0 Å². The van der Waals surface area contributed by atoms with E-state index in [0.717, 1.165) is 17.3 Å². The predicted molar refractivity (Wildman–Crippen MR) is 61.3 cm³/mol. The van der Waals surface area contributed by atoms with Crippen molar-refractivity contribution in [2.24, 2.45) is 17.3 Å². The number of piperidine rings is 1. The smallest absolute Gasteiger partial charge is 0.00177 e. The quantitative estimate of drug-likeness (QED) is 0.729. The van der Waals surface area contributed by atoms with Crippen molar-refractivity contribution >= 4 is 0 Å². The molecule has 1 nitrogen and oxygen atoms in total. The molecule has 2 unspecified atom stereocenters. The second kappa shape index (κ2) is 4.22. The first-order valence-electron chi connectivity index (χ1n) is 6.50. The van der Waals surface area contributed by atoms with E-state index in [2.05, 4.69) is 19.2 Å². The van der Waals surface area contributed by atoms with Gasteiger partial charge in [-0.3, -0.25) is 0 Å². The Balaban J connectivity index is 2.09. The second-order valence-electron chi connectivity index (χ2n) is 5.47. The van der Waals surface area contributed by atoms with E-state index in [1.165, 1.54) is 51.6 Å². The fourth-order valence-corrected chi connectivity index (χ4v) is 3.72. The first-order chi connectivity index (χ1) is 6.79. The number of hydrogen-bond donors (Lipinski definition) is 1. The predicted octanol–water partition coefficient (Wildman–Crippen LogP) is 3.20. The molecule has 2 fully saturated rings. The van der Waals surface area contributed by atoms with Crippen LogP contribution in [-0.4, -0.2) is 13.1 Å². The molecule has 14 heavy (non-hydrogen) atoms. The highest BCUT2D eigenvalue weighted by molar-refractivity contribution is 4.97. The summed E-state index contributed by atoms with van der Waals surface area (Å²) in [5.74, 6) is 1.97. The van der Waals surface area contributed by atoms with Gasteiger partial charge < -0.3 is 5.32 Å². The lowest BCUT2D eigenvalue weighted by atomic mass is 9.55. The summed E-state index contributed by atoms with van der Waals surface area (Å²) in [7, 11) is 0. The first-order valence-corrected chi connectivity index (χ1v) is 6.50. The molecule has 0 aromatic carbocycles. The lowest BCUT2D eigenvalue weighted by molar-refractivity contribution is -0.00844. The normalized spacial score (nSPS) is 39.4. The maximum atomic E-state index is 3.55. The van der Waals surface area contributed by atoms with Crippen molar-refractivity contribution in [2.75, 3.05) is 13.1 Å². The lowest BCUT2D eigenvalue weighted by Crippen LogP contribution is -2.49. The maximum absolute atomic E-state index is 3.55. The van der Waals surface area contributed by atoms with Gasteiger partial charge >= 0.3 is 0 Å². The minimum absolute atomic E-state index is 0.720. The molecule has 1 N–H and O–H groups in total. The van der Waals surface area contributed by atoms with Crippen LogP contribution in [0.5, 0.6) is 0 Å². The van der Waals surface area contributed by atoms with E-state index in [-0.39, 0.29) is 0 Å². The molecule has 0 aromatic rings. The van der Waals surface area contributed by atoms with Crippen LogP contribution in [0.25, 0.3) is 0 Å². The van der Waals surface area contributed by atoms with Crippen molar-refractivity contribution in [1.29, 1.82) is 0 Å². The summed E-state index contributed by atoms with van der Waals surface area (Å²) in [6.45, 7) is 7.35. The molecule has 82 valence electrons. The fraction of sp³-hybridized carbons (Fsp3) is 1.00. The molecule has 0 bridgehead atoms. The van der Waals surface area contributed by atoms with Gasteiger partial charge in [-0.05, 0) is 56.0 Å². The molecule has 0 amide bonds. The van der Waals surface area contributed by atoms with Crippen molar-refractivity contribution in [3.63, 3.8) is 0 Å². The van der Waals surface area contributed by atoms with Crippen LogP contribution in [0.15, 0.2) is 0 Å². The SMILES string of the molecule is CCCC1(C2CCC2)CCNCC1C. The molecule has 1 heteroatoms. The average molecular weight is 195 g/mol. The fourth-order valence-electron chi connectivity index (χ4n) is 3.72. The van der Waals surface area contributed by atoms with Gasteiger partial charge in [-0.2, -0.15) is 0 Å². The van der Waals surface area contributed by atoms with Crippen LogP contribution in [-0.2, 0) is 0 Å². The molecule has 1 aliphatic heterocycles. The number of nitrogens with one attached hydrogen (secondary N) is 1. The van der Waals surface area contributed by atoms with Gasteiger partial charge in [0.15, 0.2) is 0 Å². The van der Waals surface area contributed by atoms with Gasteiger partial charge in [0.2, 0.25) is 0 Å². The van der Waals surface area contributed by atoms with Crippen LogP contribution in [0, 0.1) is 17.3 Å². The molecule has 1 saturated carbocycles. The van der Waals surface area contributed by atoms with Crippen molar-refractivity contribution in [3.05, 3.63) is 0 Å². The zero-order valence-corrected chi connectivity index (χ0v) is 9.81. The Morgan fingerprint density at radius 3 is 2.64 bits per heavy atom. The second-order valence-corrected chi connectivity index (χ2v) is 5.47. The summed E-state index contributed by atoms with van der Waals surface area (Å²) in [5, 5.41) is 3.55. The van der Waals surface area contributed by atoms with Crippen LogP contribution < -0.4 is 5.32 Å². The van der Waals surface area contributed by atoms with Gasteiger partial charge in [-0.15, -0.1) is 0 Å². The Morgan fingerprint density at radius 1 is 1.36 bits per heavy atom. The zero-order chi connectivity index (χ0) is 10.0. The Kier molecular flexibility index (Phi) is 3.16. The molecular formula is C13H25N. The van der Waals surface area contributed by atoms with E-state index in [9.17, 15) is 0 Å². The minimum Gasteiger partial charge on any atom is -0.316 e. The Labute approximate surface area is 88.7 Å². The number of hydrogen-bond acceptors (Lipinski definition) is 1. The molecule has 2 atom stereocenters. The van der Waals surface area contributed by atoms with E-state index < -0.39 is 0 Å².